The maximum atomic E-state index is 12.9. The van der Waals surface area contributed by atoms with E-state index in [1.54, 1.807) is 121 Å². The highest BCUT2D eigenvalue weighted by Gasteiger charge is 2.14. The highest BCUT2D eigenvalue weighted by molar-refractivity contribution is 6.07. The van der Waals surface area contributed by atoms with E-state index in [0.29, 0.717) is 82.6 Å². The van der Waals surface area contributed by atoms with Gasteiger partial charge in [-0.15, -0.1) is 0 Å². The minimum atomic E-state index is -0.444. The molecule has 14 heteroatoms. The van der Waals surface area contributed by atoms with Crippen LogP contribution in [0.4, 0.5) is 22.7 Å². The largest absolute Gasteiger partial charge is 0.462 e. The Balaban J connectivity index is 0.888. The van der Waals surface area contributed by atoms with Gasteiger partial charge in [0.05, 0.1) is 48.7 Å². The molecule has 0 bridgehead atoms. The van der Waals surface area contributed by atoms with E-state index in [1.165, 1.54) is 0 Å². The molecule has 0 heterocycles. The summed E-state index contributed by atoms with van der Waals surface area (Å²) in [4.78, 5) is 75.0. The number of nitrogens with two attached hydrogens (primary N) is 2. The van der Waals surface area contributed by atoms with Crippen LogP contribution in [0.15, 0.2) is 121 Å². The van der Waals surface area contributed by atoms with Crippen LogP contribution >= 0.6 is 0 Å². The fourth-order valence-corrected chi connectivity index (χ4v) is 6.61. The smallest absolute Gasteiger partial charge is 0.338 e. The highest BCUT2D eigenvalue weighted by atomic mass is 16.5. The second kappa shape index (κ2) is 27.0. The Morgan fingerprint density at radius 3 is 0.773 bits per heavy atom. The van der Waals surface area contributed by atoms with Gasteiger partial charge in [-0.3, -0.25) is 9.59 Å². The molecule has 346 valence electrons. The van der Waals surface area contributed by atoms with Gasteiger partial charge in [0.1, 0.15) is 0 Å². The molecule has 2 amide bonds. The lowest BCUT2D eigenvalue weighted by Crippen LogP contribution is -2.14. The van der Waals surface area contributed by atoms with Crippen LogP contribution in [-0.2, 0) is 18.9 Å². The van der Waals surface area contributed by atoms with Crippen LogP contribution in [0.25, 0.3) is 0 Å². The van der Waals surface area contributed by atoms with Crippen molar-refractivity contribution >= 4 is 58.4 Å². The van der Waals surface area contributed by atoms with E-state index in [-0.39, 0.29) is 23.8 Å². The predicted molar refractivity (Wildman–Crippen MR) is 253 cm³/mol. The lowest BCUT2D eigenvalue weighted by atomic mass is 10.1. The van der Waals surface area contributed by atoms with Crippen molar-refractivity contribution in [3.63, 3.8) is 0 Å². The molecule has 0 aromatic heterocycles. The summed E-state index contributed by atoms with van der Waals surface area (Å²) in [6.45, 7) is 1.33. The maximum Gasteiger partial charge on any atom is 0.338 e. The Bertz CT molecular complexity index is 2170. The number of unbranched alkanes of at least 4 members (excludes halogenated alkanes) is 10. The summed E-state index contributed by atoms with van der Waals surface area (Å²) >= 11 is 0. The van der Waals surface area contributed by atoms with Crippen LogP contribution in [0, 0.1) is 0 Å². The van der Waals surface area contributed by atoms with Gasteiger partial charge in [0, 0.05) is 33.9 Å². The number of nitrogens with one attached hydrogen (secondary N) is 2. The Morgan fingerprint density at radius 2 is 0.515 bits per heavy atom. The van der Waals surface area contributed by atoms with Crippen molar-refractivity contribution < 1.29 is 47.7 Å². The van der Waals surface area contributed by atoms with Crippen molar-refractivity contribution in [1.82, 2.24) is 0 Å². The van der Waals surface area contributed by atoms with Gasteiger partial charge in [-0.2, -0.15) is 0 Å². The lowest BCUT2D eigenvalue weighted by Gasteiger charge is -2.09. The van der Waals surface area contributed by atoms with E-state index in [1.807, 2.05) is 0 Å². The fraction of sp³-hybridized carbons (Fsp3) is 0.308. The molecule has 0 aliphatic carbocycles. The molecule has 66 heavy (non-hydrogen) atoms. The third kappa shape index (κ3) is 17.2. The summed E-state index contributed by atoms with van der Waals surface area (Å²) in [7, 11) is 0. The van der Waals surface area contributed by atoms with Crippen molar-refractivity contribution in [2.45, 2.75) is 77.0 Å². The van der Waals surface area contributed by atoms with E-state index < -0.39 is 11.9 Å². The highest BCUT2D eigenvalue weighted by Crippen LogP contribution is 2.17. The number of carbonyl (C=O) groups excluding carboxylic acids is 6. The van der Waals surface area contributed by atoms with Gasteiger partial charge < -0.3 is 41.0 Å². The molecule has 5 aromatic carbocycles. The SMILES string of the molecule is Nc1ccc(C(=O)OCCCCCCCCOC(=O)c2ccc(NC(=O)c3ccc(C(=O)Nc4ccc(C(=O)OCCCCCCCCOC(=O)c5ccc(N)cc5)cc4)cc3)cc2)cc1. The average molecular weight is 899 g/mol. The number of hydrogen-bond acceptors (Lipinski definition) is 12. The number of amides is 2. The van der Waals surface area contributed by atoms with Crippen LogP contribution in [0.2, 0.25) is 0 Å². The van der Waals surface area contributed by atoms with Gasteiger partial charge >= 0.3 is 23.9 Å². The van der Waals surface area contributed by atoms with E-state index in [9.17, 15) is 28.8 Å². The summed E-state index contributed by atoms with van der Waals surface area (Å²) in [5.74, 6) is -2.37. The number of benzene rings is 5. The lowest BCUT2D eigenvalue weighted by molar-refractivity contribution is 0.0484. The Hall–Kier alpha value is -7.48. The minimum Gasteiger partial charge on any atom is -0.462 e. The molecule has 0 saturated carbocycles. The molecule has 0 saturated heterocycles. The third-order valence-electron chi connectivity index (χ3n) is 10.5. The number of nitrogen functional groups attached to an aromatic ring is 2. The molecule has 5 rings (SSSR count). The minimum absolute atomic E-state index is 0.301. The van der Waals surface area contributed by atoms with E-state index >= 15 is 0 Å². The number of hydrogen-bond donors (Lipinski definition) is 4. The second-order valence-corrected chi connectivity index (χ2v) is 15.7. The first-order valence-electron chi connectivity index (χ1n) is 22.4. The van der Waals surface area contributed by atoms with Gasteiger partial charge in [-0.1, -0.05) is 51.4 Å². The summed E-state index contributed by atoms with van der Waals surface area (Å²) in [5, 5.41) is 5.58. The zero-order chi connectivity index (χ0) is 46.9. The van der Waals surface area contributed by atoms with Crippen LogP contribution in [0.5, 0.6) is 0 Å². The second-order valence-electron chi connectivity index (χ2n) is 15.7. The molecule has 6 N–H and O–H groups in total. The summed E-state index contributed by atoms with van der Waals surface area (Å²) in [6, 6.07) is 32.2. The van der Waals surface area contributed by atoms with Gasteiger partial charge in [0.2, 0.25) is 0 Å². The first kappa shape index (κ1) is 49.5. The number of esters is 4. The zero-order valence-corrected chi connectivity index (χ0v) is 37.1. The van der Waals surface area contributed by atoms with Gasteiger partial charge in [-0.05, 0) is 147 Å². The molecule has 14 nitrogen and oxygen atoms in total. The molecule has 0 aliphatic heterocycles. The molecule has 0 spiro atoms. The molecular formula is C52H58N4O10. The van der Waals surface area contributed by atoms with E-state index in [0.717, 1.165) is 77.0 Å². The number of carbonyl (C=O) groups is 6. The van der Waals surface area contributed by atoms with Gasteiger partial charge in [0.25, 0.3) is 11.8 Å². The molecule has 0 radical (unpaired) electrons. The van der Waals surface area contributed by atoms with E-state index in [2.05, 4.69) is 10.6 Å². The normalized spacial score (nSPS) is 10.7. The van der Waals surface area contributed by atoms with Gasteiger partial charge in [0.15, 0.2) is 0 Å². The summed E-state index contributed by atoms with van der Waals surface area (Å²) < 4.78 is 21.4. The van der Waals surface area contributed by atoms with Crippen LogP contribution in [-0.4, -0.2) is 62.1 Å². The van der Waals surface area contributed by atoms with Crippen molar-refractivity contribution in [1.29, 1.82) is 0 Å². The molecule has 0 aliphatic rings. The third-order valence-corrected chi connectivity index (χ3v) is 10.5. The first-order valence-corrected chi connectivity index (χ1v) is 22.4. The van der Waals surface area contributed by atoms with Crippen molar-refractivity contribution in [2.75, 3.05) is 48.5 Å². The molecule has 0 fully saturated rings. The maximum absolute atomic E-state index is 12.9. The van der Waals surface area contributed by atoms with E-state index in [4.69, 9.17) is 30.4 Å². The summed E-state index contributed by atoms with van der Waals surface area (Å²) in [6.07, 6.45) is 10.6. The Labute approximate surface area is 385 Å². The molecule has 0 unspecified atom stereocenters. The van der Waals surface area contributed by atoms with Crippen molar-refractivity contribution in [3.05, 3.63) is 155 Å². The standard InChI is InChI=1S/C52H58N4O10/c53-43-25-17-39(18-26-43)49(59)63-33-9-5-1-3-7-11-35-65-51(61)41-21-29-45(30-22-41)55-47(57)37-13-15-38(16-14-37)48(58)56-46-31-23-42(24-32-46)52(62)66-36-12-8-4-2-6-10-34-64-50(60)40-19-27-44(54)28-20-40/h13-32H,1-12,33-36,53-54H2,(H,55,57)(H,56,58). The average Bonchev–Trinajstić information content (AvgIpc) is 3.33. The molecular weight excluding hydrogens is 841 g/mol. The van der Waals surface area contributed by atoms with Crippen LogP contribution < -0.4 is 22.1 Å². The fourth-order valence-electron chi connectivity index (χ4n) is 6.61. The number of anilines is 4. The van der Waals surface area contributed by atoms with Crippen LogP contribution in [0.3, 0.4) is 0 Å². The topological polar surface area (TPSA) is 215 Å². The van der Waals surface area contributed by atoms with Crippen molar-refractivity contribution in [3.8, 4) is 0 Å². The monoisotopic (exact) mass is 898 g/mol. The Morgan fingerprint density at radius 1 is 0.303 bits per heavy atom. The Kier molecular flexibility index (Phi) is 20.3. The van der Waals surface area contributed by atoms with Crippen molar-refractivity contribution in [2.24, 2.45) is 0 Å². The van der Waals surface area contributed by atoms with Gasteiger partial charge in [-0.25, -0.2) is 19.2 Å². The van der Waals surface area contributed by atoms with Crippen LogP contribution in [0.1, 0.15) is 139 Å². The molecule has 0 atom stereocenters. The quantitative estimate of drug-likeness (QED) is 0.0177. The summed E-state index contributed by atoms with van der Waals surface area (Å²) in [5.41, 5.74) is 15.8. The first-order chi connectivity index (χ1) is 32.0. The zero-order valence-electron chi connectivity index (χ0n) is 37.1. The number of ether oxygens (including phenoxy) is 4. The predicted octanol–water partition coefficient (Wildman–Crippen LogP) is 10.1. The number of rotatable bonds is 26. The molecule has 5 aromatic rings.